The molecule has 0 bridgehead atoms. The summed E-state index contributed by atoms with van der Waals surface area (Å²) in [6.45, 7) is 1.69. The number of hydrogen-bond donors (Lipinski definition) is 2. The van der Waals surface area contributed by atoms with Crippen molar-refractivity contribution < 1.29 is 9.59 Å². The monoisotopic (exact) mass is 389 g/mol. The number of para-hydroxylation sites is 1. The number of thiophene rings is 1. The van der Waals surface area contributed by atoms with Crippen molar-refractivity contribution in [3.63, 3.8) is 0 Å². The number of carbonyl (C=O) groups excluding carboxylic acids is 2. The second-order valence-corrected chi connectivity index (χ2v) is 8.09. The number of urea groups is 1. The summed E-state index contributed by atoms with van der Waals surface area (Å²) in [4.78, 5) is 29.0. The van der Waals surface area contributed by atoms with Gasteiger partial charge >= 0.3 is 6.03 Å². The van der Waals surface area contributed by atoms with Crippen LogP contribution in [0.1, 0.15) is 17.7 Å². The lowest BCUT2D eigenvalue weighted by atomic mass is 9.97. The number of hydrogen-bond acceptors (Lipinski definition) is 4. The van der Waals surface area contributed by atoms with Gasteiger partial charge in [-0.3, -0.25) is 4.79 Å². The van der Waals surface area contributed by atoms with E-state index in [0.717, 1.165) is 28.3 Å². The molecule has 0 saturated carbocycles. The Morgan fingerprint density at radius 3 is 2.88 bits per heavy atom. The minimum absolute atomic E-state index is 0.0118. The summed E-state index contributed by atoms with van der Waals surface area (Å²) in [7, 11) is 0. The number of piperidine rings is 1. The van der Waals surface area contributed by atoms with E-state index in [0.29, 0.717) is 19.6 Å². The summed E-state index contributed by atoms with van der Waals surface area (Å²) in [6.07, 6.45) is 3.64. The van der Waals surface area contributed by atoms with E-state index in [1.165, 1.54) is 0 Å². The van der Waals surface area contributed by atoms with Gasteiger partial charge in [-0.15, -0.1) is 23.1 Å². The first-order valence-electron chi connectivity index (χ1n) is 8.66. The maximum atomic E-state index is 12.7. The molecule has 1 atom stereocenters. The summed E-state index contributed by atoms with van der Waals surface area (Å²) in [5, 5.41) is 7.97. The highest BCUT2D eigenvalue weighted by Gasteiger charge is 2.28. The third-order valence-corrected chi connectivity index (χ3v) is 6.11. The van der Waals surface area contributed by atoms with E-state index in [9.17, 15) is 9.59 Å². The third-order valence-electron chi connectivity index (χ3n) is 4.44. The van der Waals surface area contributed by atoms with Gasteiger partial charge in [-0.05, 0) is 42.7 Å². The number of anilines is 1. The molecule has 1 aliphatic heterocycles. The topological polar surface area (TPSA) is 61.4 Å². The molecule has 3 rings (SSSR count). The van der Waals surface area contributed by atoms with Gasteiger partial charge in [0.2, 0.25) is 5.91 Å². The van der Waals surface area contributed by atoms with Gasteiger partial charge in [0.25, 0.3) is 0 Å². The van der Waals surface area contributed by atoms with Crippen molar-refractivity contribution in [2.45, 2.75) is 24.3 Å². The highest BCUT2D eigenvalue weighted by molar-refractivity contribution is 7.98. The molecule has 1 aromatic heterocycles. The van der Waals surface area contributed by atoms with Crippen LogP contribution in [0.2, 0.25) is 0 Å². The first-order valence-corrected chi connectivity index (χ1v) is 10.8. The Morgan fingerprint density at radius 2 is 2.12 bits per heavy atom. The molecule has 2 aromatic rings. The summed E-state index contributed by atoms with van der Waals surface area (Å²) < 4.78 is 0. The van der Waals surface area contributed by atoms with E-state index in [1.54, 1.807) is 28.0 Å². The molecule has 3 amide bonds. The molecular weight excluding hydrogens is 366 g/mol. The van der Waals surface area contributed by atoms with Crippen molar-refractivity contribution in [3.8, 4) is 0 Å². The fourth-order valence-electron chi connectivity index (χ4n) is 3.05. The Hall–Kier alpha value is -1.99. The normalized spacial score (nSPS) is 17.0. The van der Waals surface area contributed by atoms with Gasteiger partial charge in [0.05, 0.1) is 18.2 Å². The van der Waals surface area contributed by atoms with Crippen LogP contribution in [0.3, 0.4) is 0 Å². The Bertz CT molecular complexity index is 749. The van der Waals surface area contributed by atoms with Crippen LogP contribution in [0.25, 0.3) is 0 Å². The molecule has 26 heavy (non-hydrogen) atoms. The van der Waals surface area contributed by atoms with Crippen molar-refractivity contribution in [2.75, 3.05) is 24.7 Å². The van der Waals surface area contributed by atoms with E-state index in [4.69, 9.17) is 0 Å². The molecule has 1 saturated heterocycles. The van der Waals surface area contributed by atoms with E-state index in [2.05, 4.69) is 10.6 Å². The number of amides is 3. The van der Waals surface area contributed by atoms with Gasteiger partial charge in [0.15, 0.2) is 0 Å². The Balaban J connectivity index is 1.55. The zero-order valence-corrected chi connectivity index (χ0v) is 16.4. The van der Waals surface area contributed by atoms with Crippen molar-refractivity contribution in [1.29, 1.82) is 0 Å². The van der Waals surface area contributed by atoms with Crippen LogP contribution in [0, 0.1) is 5.92 Å². The van der Waals surface area contributed by atoms with Crippen LogP contribution >= 0.6 is 23.1 Å². The summed E-state index contributed by atoms with van der Waals surface area (Å²) >= 11 is 3.23. The van der Waals surface area contributed by atoms with Gasteiger partial charge in [-0.1, -0.05) is 18.2 Å². The average molecular weight is 390 g/mol. The van der Waals surface area contributed by atoms with Crippen LogP contribution in [0.5, 0.6) is 0 Å². The first kappa shape index (κ1) is 18.8. The Morgan fingerprint density at radius 1 is 1.27 bits per heavy atom. The van der Waals surface area contributed by atoms with Gasteiger partial charge in [-0.25, -0.2) is 4.79 Å². The zero-order chi connectivity index (χ0) is 18.4. The fourth-order valence-corrected chi connectivity index (χ4v) is 4.24. The smallest absolute Gasteiger partial charge is 0.317 e. The van der Waals surface area contributed by atoms with Crippen LogP contribution in [0.4, 0.5) is 10.5 Å². The number of benzene rings is 1. The molecule has 1 unspecified atom stereocenters. The summed E-state index contributed by atoms with van der Waals surface area (Å²) in [6, 6.07) is 11.7. The molecule has 2 heterocycles. The Labute approximate surface area is 162 Å². The SMILES string of the molecule is CSc1ccccc1NC(=O)C1CCCN(C(=O)NCc2cccs2)C1. The molecule has 0 aliphatic carbocycles. The fraction of sp³-hybridized carbons (Fsp3) is 0.368. The molecule has 1 aromatic carbocycles. The van der Waals surface area contributed by atoms with E-state index >= 15 is 0 Å². The number of rotatable bonds is 5. The van der Waals surface area contributed by atoms with Crippen LogP contribution in [-0.2, 0) is 11.3 Å². The number of carbonyl (C=O) groups is 2. The Kier molecular flexibility index (Phi) is 6.57. The largest absolute Gasteiger partial charge is 0.333 e. The molecule has 2 N–H and O–H groups in total. The second-order valence-electron chi connectivity index (χ2n) is 6.21. The number of thioether (sulfide) groups is 1. The molecule has 138 valence electrons. The maximum Gasteiger partial charge on any atom is 0.317 e. The van der Waals surface area contributed by atoms with Crippen LogP contribution < -0.4 is 10.6 Å². The second kappa shape index (κ2) is 9.09. The van der Waals surface area contributed by atoms with Gasteiger partial charge in [0, 0.05) is 22.9 Å². The first-order chi connectivity index (χ1) is 12.7. The van der Waals surface area contributed by atoms with E-state index < -0.39 is 0 Å². The maximum absolute atomic E-state index is 12.7. The number of nitrogens with zero attached hydrogens (tertiary/aromatic N) is 1. The lowest BCUT2D eigenvalue weighted by Crippen LogP contribution is -2.47. The number of likely N-dealkylation sites (tertiary alicyclic amines) is 1. The highest BCUT2D eigenvalue weighted by Crippen LogP contribution is 2.26. The lowest BCUT2D eigenvalue weighted by Gasteiger charge is -2.32. The number of nitrogens with one attached hydrogen (secondary N) is 2. The standard InChI is InChI=1S/C19H23N3O2S2/c1-25-17-9-3-2-8-16(17)21-18(23)14-6-4-10-22(13-14)19(24)20-12-15-7-5-11-26-15/h2-3,5,7-9,11,14H,4,6,10,12-13H2,1H3,(H,20,24)(H,21,23). The van der Waals surface area contributed by atoms with Crippen molar-refractivity contribution in [2.24, 2.45) is 5.92 Å². The molecule has 7 heteroatoms. The molecule has 1 fully saturated rings. The predicted molar refractivity (Wildman–Crippen MR) is 108 cm³/mol. The minimum Gasteiger partial charge on any atom is -0.333 e. The molecule has 1 aliphatic rings. The van der Waals surface area contributed by atoms with Crippen molar-refractivity contribution >= 4 is 40.7 Å². The third kappa shape index (κ3) is 4.80. The molecular formula is C19H23N3O2S2. The van der Waals surface area contributed by atoms with Crippen molar-refractivity contribution in [3.05, 3.63) is 46.7 Å². The van der Waals surface area contributed by atoms with E-state index in [1.807, 2.05) is 48.0 Å². The molecule has 0 radical (unpaired) electrons. The van der Waals surface area contributed by atoms with Crippen LogP contribution in [0.15, 0.2) is 46.7 Å². The minimum atomic E-state index is -0.175. The summed E-state index contributed by atoms with van der Waals surface area (Å²) in [5.74, 6) is -0.187. The lowest BCUT2D eigenvalue weighted by molar-refractivity contribution is -0.121. The molecule has 0 spiro atoms. The molecule has 5 nitrogen and oxygen atoms in total. The predicted octanol–water partition coefficient (Wildman–Crippen LogP) is 4.03. The van der Waals surface area contributed by atoms with Gasteiger partial charge < -0.3 is 15.5 Å². The van der Waals surface area contributed by atoms with Gasteiger partial charge in [-0.2, -0.15) is 0 Å². The van der Waals surface area contributed by atoms with Crippen molar-refractivity contribution in [1.82, 2.24) is 10.2 Å². The summed E-state index contributed by atoms with van der Waals surface area (Å²) in [5.41, 5.74) is 0.837. The van der Waals surface area contributed by atoms with Crippen LogP contribution in [-0.4, -0.2) is 36.2 Å². The highest BCUT2D eigenvalue weighted by atomic mass is 32.2. The zero-order valence-electron chi connectivity index (χ0n) is 14.7. The van der Waals surface area contributed by atoms with Gasteiger partial charge in [0.1, 0.15) is 0 Å². The van der Waals surface area contributed by atoms with E-state index in [-0.39, 0.29) is 17.9 Å². The quantitative estimate of drug-likeness (QED) is 0.759. The average Bonchev–Trinajstić information content (AvgIpc) is 3.20.